The standard InChI is InChI=1S/C20H41NO2/c1-2-3-4-5-6-7-8-9-10-11-12-13-14-15-19(22)18-16-21-17-20(18)23/h18-23H,2-17H2,1H3. The second-order valence-electron chi connectivity index (χ2n) is 7.49. The molecular formula is C20H41NO2. The van der Waals surface area contributed by atoms with Crippen molar-refractivity contribution in [3.05, 3.63) is 0 Å². The fourth-order valence-electron chi connectivity index (χ4n) is 3.66. The Bertz CT molecular complexity index is 260. The fourth-order valence-corrected chi connectivity index (χ4v) is 3.66. The number of aliphatic hydroxyl groups is 2. The van der Waals surface area contributed by atoms with Gasteiger partial charge in [-0.15, -0.1) is 0 Å². The lowest BCUT2D eigenvalue weighted by atomic mass is 9.94. The van der Waals surface area contributed by atoms with Crippen molar-refractivity contribution < 1.29 is 10.2 Å². The number of aliphatic hydroxyl groups excluding tert-OH is 2. The normalized spacial score (nSPS) is 22.6. The molecular weight excluding hydrogens is 286 g/mol. The van der Waals surface area contributed by atoms with Crippen LogP contribution in [0.2, 0.25) is 0 Å². The van der Waals surface area contributed by atoms with Gasteiger partial charge in [-0.1, -0.05) is 90.4 Å². The van der Waals surface area contributed by atoms with Gasteiger partial charge < -0.3 is 15.5 Å². The maximum atomic E-state index is 10.1. The first-order valence-electron chi connectivity index (χ1n) is 10.3. The van der Waals surface area contributed by atoms with Crippen LogP contribution >= 0.6 is 0 Å². The van der Waals surface area contributed by atoms with Crippen molar-refractivity contribution in [3.8, 4) is 0 Å². The topological polar surface area (TPSA) is 52.5 Å². The van der Waals surface area contributed by atoms with E-state index in [-0.39, 0.29) is 18.1 Å². The number of hydrogen-bond donors (Lipinski definition) is 3. The average Bonchev–Trinajstić information content (AvgIpc) is 2.98. The van der Waals surface area contributed by atoms with Crippen LogP contribution in [0.4, 0.5) is 0 Å². The zero-order valence-electron chi connectivity index (χ0n) is 15.4. The van der Waals surface area contributed by atoms with E-state index in [2.05, 4.69) is 12.2 Å². The first-order chi connectivity index (χ1) is 11.3. The highest BCUT2D eigenvalue weighted by atomic mass is 16.3. The molecule has 1 aliphatic heterocycles. The SMILES string of the molecule is CCCCCCCCCCCCCCCC(O)C1CNCC1O. The second-order valence-corrected chi connectivity index (χ2v) is 7.49. The highest BCUT2D eigenvalue weighted by Crippen LogP contribution is 2.19. The van der Waals surface area contributed by atoms with Gasteiger partial charge >= 0.3 is 0 Å². The number of rotatable bonds is 15. The third-order valence-electron chi connectivity index (χ3n) is 5.33. The molecule has 138 valence electrons. The van der Waals surface area contributed by atoms with Crippen LogP contribution in [0, 0.1) is 5.92 Å². The first kappa shape index (κ1) is 20.9. The van der Waals surface area contributed by atoms with Crippen molar-refractivity contribution in [2.24, 2.45) is 5.92 Å². The monoisotopic (exact) mass is 327 g/mol. The van der Waals surface area contributed by atoms with Crippen LogP contribution in [0.3, 0.4) is 0 Å². The van der Waals surface area contributed by atoms with Gasteiger partial charge in [-0.3, -0.25) is 0 Å². The average molecular weight is 328 g/mol. The van der Waals surface area contributed by atoms with Crippen molar-refractivity contribution in [3.63, 3.8) is 0 Å². The lowest BCUT2D eigenvalue weighted by Gasteiger charge is -2.20. The van der Waals surface area contributed by atoms with Crippen LogP contribution in [0.5, 0.6) is 0 Å². The van der Waals surface area contributed by atoms with Crippen LogP contribution in [0.25, 0.3) is 0 Å². The minimum atomic E-state index is -0.355. The summed E-state index contributed by atoms with van der Waals surface area (Å²) in [4.78, 5) is 0. The van der Waals surface area contributed by atoms with Crippen LogP contribution in [0.1, 0.15) is 96.8 Å². The lowest BCUT2D eigenvalue weighted by molar-refractivity contribution is 0.0357. The molecule has 0 aliphatic carbocycles. The number of β-amino-alcohol motifs (C(OH)–C–C–N with tert-alkyl or cyclic N) is 1. The van der Waals surface area contributed by atoms with Gasteiger partial charge in [0.2, 0.25) is 0 Å². The van der Waals surface area contributed by atoms with E-state index in [1.165, 1.54) is 77.0 Å². The van der Waals surface area contributed by atoms with E-state index in [1.54, 1.807) is 0 Å². The molecule has 1 aliphatic rings. The molecule has 0 aromatic carbocycles. The predicted octanol–water partition coefficient (Wildman–Crippen LogP) is 4.41. The molecule has 3 unspecified atom stereocenters. The van der Waals surface area contributed by atoms with Crippen molar-refractivity contribution in [1.29, 1.82) is 0 Å². The summed E-state index contributed by atoms with van der Waals surface area (Å²) in [5.41, 5.74) is 0. The highest BCUT2D eigenvalue weighted by Gasteiger charge is 2.30. The van der Waals surface area contributed by atoms with Gasteiger partial charge in [-0.05, 0) is 6.42 Å². The minimum absolute atomic E-state index is 0.0485. The molecule has 0 aromatic heterocycles. The van der Waals surface area contributed by atoms with Crippen LogP contribution in [-0.2, 0) is 0 Å². The maximum Gasteiger partial charge on any atom is 0.0729 e. The van der Waals surface area contributed by atoms with E-state index in [0.29, 0.717) is 6.54 Å². The fraction of sp³-hybridized carbons (Fsp3) is 1.00. The van der Waals surface area contributed by atoms with Crippen molar-refractivity contribution in [1.82, 2.24) is 5.32 Å². The van der Waals surface area contributed by atoms with E-state index < -0.39 is 0 Å². The van der Waals surface area contributed by atoms with Crippen LogP contribution in [0.15, 0.2) is 0 Å². The molecule has 0 aromatic rings. The molecule has 1 heterocycles. The molecule has 0 saturated carbocycles. The minimum Gasteiger partial charge on any atom is -0.393 e. The Balaban J connectivity index is 1.78. The molecule has 0 amide bonds. The molecule has 0 bridgehead atoms. The molecule has 0 spiro atoms. The lowest BCUT2D eigenvalue weighted by Crippen LogP contribution is -2.30. The molecule has 3 heteroatoms. The number of nitrogens with one attached hydrogen (secondary N) is 1. The Kier molecular flexibility index (Phi) is 13.0. The van der Waals surface area contributed by atoms with E-state index in [9.17, 15) is 10.2 Å². The first-order valence-corrected chi connectivity index (χ1v) is 10.3. The summed E-state index contributed by atoms with van der Waals surface area (Å²) < 4.78 is 0. The van der Waals surface area contributed by atoms with Crippen molar-refractivity contribution >= 4 is 0 Å². The molecule has 1 saturated heterocycles. The largest absolute Gasteiger partial charge is 0.393 e. The van der Waals surface area contributed by atoms with E-state index in [1.807, 2.05) is 0 Å². The van der Waals surface area contributed by atoms with Gasteiger partial charge in [0.05, 0.1) is 12.2 Å². The Morgan fingerprint density at radius 3 is 1.70 bits per heavy atom. The summed E-state index contributed by atoms with van der Waals surface area (Å²) in [5.74, 6) is 0.0485. The smallest absolute Gasteiger partial charge is 0.0729 e. The zero-order chi connectivity index (χ0) is 16.8. The Morgan fingerprint density at radius 2 is 1.26 bits per heavy atom. The zero-order valence-corrected chi connectivity index (χ0v) is 15.4. The third kappa shape index (κ3) is 10.4. The van der Waals surface area contributed by atoms with E-state index in [4.69, 9.17) is 0 Å². The van der Waals surface area contributed by atoms with Gasteiger partial charge in [0.1, 0.15) is 0 Å². The summed E-state index contributed by atoms with van der Waals surface area (Å²) in [6.45, 7) is 3.68. The Labute approximate surface area is 144 Å². The third-order valence-corrected chi connectivity index (χ3v) is 5.33. The predicted molar refractivity (Wildman–Crippen MR) is 98.7 cm³/mol. The van der Waals surface area contributed by atoms with E-state index >= 15 is 0 Å². The quantitative estimate of drug-likeness (QED) is 0.391. The summed E-state index contributed by atoms with van der Waals surface area (Å²) >= 11 is 0. The maximum absolute atomic E-state index is 10.1. The number of unbranched alkanes of at least 4 members (excludes halogenated alkanes) is 12. The van der Waals surface area contributed by atoms with Crippen LogP contribution in [-0.4, -0.2) is 35.5 Å². The van der Waals surface area contributed by atoms with Crippen molar-refractivity contribution in [2.75, 3.05) is 13.1 Å². The molecule has 1 rings (SSSR count). The van der Waals surface area contributed by atoms with Gasteiger partial charge in [0.25, 0.3) is 0 Å². The summed E-state index contributed by atoms with van der Waals surface area (Å²) in [7, 11) is 0. The van der Waals surface area contributed by atoms with E-state index in [0.717, 1.165) is 19.4 Å². The summed E-state index contributed by atoms with van der Waals surface area (Å²) in [6, 6.07) is 0. The number of hydrogen-bond acceptors (Lipinski definition) is 3. The molecule has 0 radical (unpaired) electrons. The van der Waals surface area contributed by atoms with Gasteiger partial charge in [-0.2, -0.15) is 0 Å². The van der Waals surface area contributed by atoms with Crippen LogP contribution < -0.4 is 5.32 Å². The molecule has 3 atom stereocenters. The summed E-state index contributed by atoms with van der Waals surface area (Å²) in [6.07, 6.45) is 17.8. The molecule has 23 heavy (non-hydrogen) atoms. The second kappa shape index (κ2) is 14.2. The van der Waals surface area contributed by atoms with Gasteiger partial charge in [-0.25, -0.2) is 0 Å². The Morgan fingerprint density at radius 1 is 0.783 bits per heavy atom. The molecule has 3 nitrogen and oxygen atoms in total. The molecule has 3 N–H and O–H groups in total. The van der Waals surface area contributed by atoms with Gasteiger partial charge in [0, 0.05) is 19.0 Å². The summed E-state index contributed by atoms with van der Waals surface area (Å²) in [5, 5.41) is 23.0. The molecule has 1 fully saturated rings. The van der Waals surface area contributed by atoms with Crippen molar-refractivity contribution in [2.45, 2.75) is 109 Å². The Hall–Kier alpha value is -0.120. The highest BCUT2D eigenvalue weighted by molar-refractivity contribution is 4.85. The van der Waals surface area contributed by atoms with Gasteiger partial charge in [0.15, 0.2) is 0 Å².